The number of aromatic nitrogens is 4. The monoisotopic (exact) mass is 451 g/mol. The summed E-state index contributed by atoms with van der Waals surface area (Å²) >= 11 is 1.13. The number of imide groups is 1. The number of thioether (sulfide) groups is 1. The third-order valence-electron chi connectivity index (χ3n) is 4.70. The maximum Gasteiger partial charge on any atom is 0.325 e. The zero-order chi connectivity index (χ0) is 22.3. The van der Waals surface area contributed by atoms with Crippen LogP contribution in [0.5, 0.6) is 0 Å². The van der Waals surface area contributed by atoms with Crippen LogP contribution >= 0.6 is 11.8 Å². The number of urea groups is 1. The third-order valence-corrected chi connectivity index (χ3v) is 5.63. The molecule has 4 rings (SSSR count). The van der Waals surface area contributed by atoms with E-state index in [0.29, 0.717) is 42.0 Å². The molecule has 1 aliphatic heterocycles. The van der Waals surface area contributed by atoms with Gasteiger partial charge in [0.15, 0.2) is 11.0 Å². The molecule has 2 N–H and O–H groups in total. The van der Waals surface area contributed by atoms with Crippen LogP contribution in [0.1, 0.15) is 18.7 Å². The Bertz CT molecular complexity index is 1110. The first-order valence-corrected chi connectivity index (χ1v) is 11.0. The molecule has 2 aromatic heterocycles. The SMILES string of the molecule is O=C(CSc1nnc(CN2CCCC2=O)n1-c1ccccn1)NC(=O)Nc1ccccc1. The number of rotatable bonds is 7. The highest BCUT2D eigenvalue weighted by atomic mass is 32.2. The highest BCUT2D eigenvalue weighted by Gasteiger charge is 2.24. The Balaban J connectivity index is 1.43. The number of nitrogens with one attached hydrogen (secondary N) is 2. The minimum absolute atomic E-state index is 0.0458. The van der Waals surface area contributed by atoms with Crippen molar-refractivity contribution < 1.29 is 14.4 Å². The summed E-state index contributed by atoms with van der Waals surface area (Å²) in [6, 6.07) is 13.7. The first kappa shape index (κ1) is 21.5. The van der Waals surface area contributed by atoms with Gasteiger partial charge in [-0.15, -0.1) is 10.2 Å². The van der Waals surface area contributed by atoms with Crippen molar-refractivity contribution in [3.63, 3.8) is 0 Å². The number of hydrogen-bond acceptors (Lipinski definition) is 7. The van der Waals surface area contributed by atoms with Crippen LogP contribution in [0.2, 0.25) is 0 Å². The summed E-state index contributed by atoms with van der Waals surface area (Å²) in [5, 5.41) is 13.8. The molecule has 1 saturated heterocycles. The van der Waals surface area contributed by atoms with Gasteiger partial charge in [0.1, 0.15) is 5.82 Å². The van der Waals surface area contributed by atoms with Gasteiger partial charge < -0.3 is 10.2 Å². The number of anilines is 1. The molecule has 0 aliphatic carbocycles. The number of carbonyl (C=O) groups is 3. The largest absolute Gasteiger partial charge is 0.335 e. The summed E-state index contributed by atoms with van der Waals surface area (Å²) in [7, 11) is 0. The molecule has 1 aliphatic rings. The number of likely N-dealkylation sites (tertiary alicyclic amines) is 1. The van der Waals surface area contributed by atoms with Crippen molar-refractivity contribution in [3.8, 4) is 5.82 Å². The molecule has 1 aromatic carbocycles. The Morgan fingerprint density at radius 3 is 2.59 bits per heavy atom. The van der Waals surface area contributed by atoms with Crippen LogP contribution in [0.3, 0.4) is 0 Å². The molecule has 3 heterocycles. The fourth-order valence-electron chi connectivity index (χ4n) is 3.23. The Morgan fingerprint density at radius 2 is 1.88 bits per heavy atom. The van der Waals surface area contributed by atoms with Crippen LogP contribution in [-0.2, 0) is 16.1 Å². The van der Waals surface area contributed by atoms with Gasteiger partial charge in [-0.2, -0.15) is 0 Å². The van der Waals surface area contributed by atoms with Crippen molar-refractivity contribution in [2.24, 2.45) is 0 Å². The Labute approximate surface area is 188 Å². The van der Waals surface area contributed by atoms with Gasteiger partial charge in [0, 0.05) is 24.8 Å². The van der Waals surface area contributed by atoms with Crippen molar-refractivity contribution in [1.82, 2.24) is 30.0 Å². The molecule has 1 fully saturated rings. The van der Waals surface area contributed by atoms with Gasteiger partial charge in [-0.05, 0) is 30.7 Å². The highest BCUT2D eigenvalue weighted by Crippen LogP contribution is 2.23. The number of hydrogen-bond donors (Lipinski definition) is 2. The van der Waals surface area contributed by atoms with Crippen LogP contribution < -0.4 is 10.6 Å². The Hall–Kier alpha value is -3.73. The summed E-state index contributed by atoms with van der Waals surface area (Å²) in [6.45, 7) is 0.990. The summed E-state index contributed by atoms with van der Waals surface area (Å²) in [4.78, 5) is 42.4. The van der Waals surface area contributed by atoms with Crippen molar-refractivity contribution in [3.05, 3.63) is 60.6 Å². The van der Waals surface area contributed by atoms with Gasteiger partial charge in [0.2, 0.25) is 11.8 Å². The predicted molar refractivity (Wildman–Crippen MR) is 118 cm³/mol. The highest BCUT2D eigenvalue weighted by molar-refractivity contribution is 7.99. The van der Waals surface area contributed by atoms with Crippen LogP contribution in [0.15, 0.2) is 59.9 Å². The van der Waals surface area contributed by atoms with Crippen LogP contribution in [0.4, 0.5) is 10.5 Å². The first-order chi connectivity index (χ1) is 15.6. The van der Waals surface area contributed by atoms with E-state index < -0.39 is 11.9 Å². The number of amides is 4. The minimum Gasteiger partial charge on any atom is -0.335 e. The molecule has 11 heteroatoms. The zero-order valence-corrected chi connectivity index (χ0v) is 17.9. The van der Waals surface area contributed by atoms with Crippen molar-refractivity contribution >= 4 is 35.3 Å². The average Bonchev–Trinajstić information content (AvgIpc) is 3.39. The molecule has 4 amide bonds. The second-order valence-electron chi connectivity index (χ2n) is 7.00. The lowest BCUT2D eigenvalue weighted by Crippen LogP contribution is -2.35. The standard InChI is InChI=1S/C21H21N7O3S/c29-18(24-20(31)23-15-7-2-1-3-8-15)14-32-21-26-25-17(13-27-12-6-10-19(27)30)28(21)16-9-4-5-11-22-16/h1-5,7-9,11H,6,10,12-14H2,(H2,23,24,29,31). The second kappa shape index (κ2) is 10.1. The zero-order valence-electron chi connectivity index (χ0n) is 17.1. The van der Waals surface area contributed by atoms with Crippen LogP contribution in [0, 0.1) is 0 Å². The van der Waals surface area contributed by atoms with E-state index in [1.807, 2.05) is 12.1 Å². The van der Waals surface area contributed by atoms with Gasteiger partial charge >= 0.3 is 6.03 Å². The summed E-state index contributed by atoms with van der Waals surface area (Å²) in [5.74, 6) is 0.705. The van der Waals surface area contributed by atoms with Gasteiger partial charge in [-0.1, -0.05) is 36.0 Å². The molecule has 0 bridgehead atoms. The van der Waals surface area contributed by atoms with E-state index in [4.69, 9.17) is 0 Å². The Kier molecular flexibility index (Phi) is 6.75. The number of nitrogens with zero attached hydrogens (tertiary/aromatic N) is 5. The summed E-state index contributed by atoms with van der Waals surface area (Å²) in [6.07, 6.45) is 3.00. The molecule has 3 aromatic rings. The van der Waals surface area contributed by atoms with E-state index in [1.165, 1.54) is 0 Å². The molecular formula is C21H21N7O3S. The fraction of sp³-hybridized carbons (Fsp3) is 0.238. The number of pyridine rings is 1. The van der Waals surface area contributed by atoms with E-state index in [-0.39, 0.29) is 11.7 Å². The first-order valence-electron chi connectivity index (χ1n) is 10.0. The molecule has 0 unspecified atom stereocenters. The number of carbonyl (C=O) groups excluding carboxylic acids is 3. The summed E-state index contributed by atoms with van der Waals surface area (Å²) < 4.78 is 1.73. The maximum absolute atomic E-state index is 12.3. The number of para-hydroxylation sites is 1. The molecule has 0 spiro atoms. The van der Waals surface area contributed by atoms with Gasteiger partial charge in [-0.3, -0.25) is 19.5 Å². The Morgan fingerprint density at radius 1 is 1.06 bits per heavy atom. The van der Waals surface area contributed by atoms with Crippen LogP contribution in [0.25, 0.3) is 5.82 Å². The normalized spacial score (nSPS) is 13.2. The van der Waals surface area contributed by atoms with E-state index in [0.717, 1.165) is 18.2 Å². The van der Waals surface area contributed by atoms with Gasteiger partial charge in [0.05, 0.1) is 12.3 Å². The third kappa shape index (κ3) is 5.30. The van der Waals surface area contributed by atoms with Crippen molar-refractivity contribution in [2.45, 2.75) is 24.5 Å². The van der Waals surface area contributed by atoms with Gasteiger partial charge in [-0.25, -0.2) is 9.78 Å². The summed E-state index contributed by atoms with van der Waals surface area (Å²) in [5.41, 5.74) is 0.585. The lowest BCUT2D eigenvalue weighted by Gasteiger charge is -2.16. The van der Waals surface area contributed by atoms with E-state index >= 15 is 0 Å². The second-order valence-corrected chi connectivity index (χ2v) is 7.94. The molecule has 0 atom stereocenters. The topological polar surface area (TPSA) is 122 Å². The molecule has 10 nitrogen and oxygen atoms in total. The lowest BCUT2D eigenvalue weighted by atomic mass is 10.3. The van der Waals surface area contributed by atoms with Gasteiger partial charge in [0.25, 0.3) is 0 Å². The average molecular weight is 452 g/mol. The van der Waals surface area contributed by atoms with E-state index in [2.05, 4.69) is 25.8 Å². The number of benzene rings is 1. The molecule has 0 radical (unpaired) electrons. The molecule has 32 heavy (non-hydrogen) atoms. The fourth-order valence-corrected chi connectivity index (χ4v) is 3.99. The predicted octanol–water partition coefficient (Wildman–Crippen LogP) is 2.23. The van der Waals surface area contributed by atoms with E-state index in [1.54, 1.807) is 52.1 Å². The maximum atomic E-state index is 12.3. The molecular weight excluding hydrogens is 430 g/mol. The lowest BCUT2D eigenvalue weighted by molar-refractivity contribution is -0.128. The molecule has 0 saturated carbocycles. The quantitative estimate of drug-likeness (QED) is 0.528. The molecule has 164 valence electrons. The smallest absolute Gasteiger partial charge is 0.325 e. The van der Waals surface area contributed by atoms with Crippen LogP contribution in [-0.4, -0.2) is 54.8 Å². The van der Waals surface area contributed by atoms with E-state index in [9.17, 15) is 14.4 Å². The van der Waals surface area contributed by atoms with Crippen molar-refractivity contribution in [1.29, 1.82) is 0 Å². The minimum atomic E-state index is -0.610. The van der Waals surface area contributed by atoms with Crippen molar-refractivity contribution in [2.75, 3.05) is 17.6 Å².